The van der Waals surface area contributed by atoms with E-state index in [1.807, 2.05) is 30.3 Å². The van der Waals surface area contributed by atoms with Crippen molar-refractivity contribution in [3.05, 3.63) is 58.1 Å². The number of thioether (sulfide) groups is 1. The number of halogens is 2. The number of benzene rings is 2. The van der Waals surface area contributed by atoms with Crippen molar-refractivity contribution in [1.29, 1.82) is 0 Å². The third-order valence-corrected chi connectivity index (χ3v) is 4.65. The second-order valence-corrected chi connectivity index (χ2v) is 6.19. The van der Waals surface area contributed by atoms with Crippen LogP contribution in [-0.4, -0.2) is 13.4 Å². The molecule has 0 aliphatic heterocycles. The highest BCUT2D eigenvalue weighted by Crippen LogP contribution is 2.39. The molecule has 1 atom stereocenters. The van der Waals surface area contributed by atoms with E-state index < -0.39 is 0 Å². The van der Waals surface area contributed by atoms with Crippen LogP contribution in [0, 0.1) is 0 Å². The van der Waals surface area contributed by atoms with Crippen LogP contribution in [0.5, 0.6) is 5.75 Å². The van der Waals surface area contributed by atoms with Gasteiger partial charge in [-0.05, 0) is 36.1 Å². The van der Waals surface area contributed by atoms with Gasteiger partial charge in [0.2, 0.25) is 0 Å². The summed E-state index contributed by atoms with van der Waals surface area (Å²) in [6.45, 7) is 0. The van der Waals surface area contributed by atoms with Crippen molar-refractivity contribution in [1.82, 2.24) is 0 Å². The molecule has 19 heavy (non-hydrogen) atoms. The van der Waals surface area contributed by atoms with Gasteiger partial charge in [0.1, 0.15) is 5.75 Å². The molecular weight excluding hydrogens is 344 g/mol. The molecule has 0 saturated heterocycles. The first kappa shape index (κ1) is 14.8. The molecule has 0 bridgehead atoms. The summed E-state index contributed by atoms with van der Waals surface area (Å²) in [5, 5.41) is -0.226. The molecule has 0 N–H and O–H groups in total. The van der Waals surface area contributed by atoms with Crippen LogP contribution in [0.1, 0.15) is 16.5 Å². The molecule has 0 aliphatic carbocycles. The predicted octanol–water partition coefficient (Wildman–Crippen LogP) is 5.51. The lowest BCUT2D eigenvalue weighted by Crippen LogP contribution is -1.99. The van der Waals surface area contributed by atoms with Crippen LogP contribution < -0.4 is 4.74 Å². The number of rotatable bonds is 4. The van der Waals surface area contributed by atoms with Crippen molar-refractivity contribution in [2.24, 2.45) is 0 Å². The first-order valence-corrected chi connectivity index (χ1v) is 8.23. The molecule has 1 nitrogen and oxygen atoms in total. The largest absolute Gasteiger partial charge is 0.496 e. The van der Waals surface area contributed by atoms with Gasteiger partial charge in [0.05, 0.1) is 12.5 Å². The van der Waals surface area contributed by atoms with Crippen LogP contribution in [0.25, 0.3) is 0 Å². The predicted molar refractivity (Wildman–Crippen MR) is 86.6 cm³/mol. The smallest absolute Gasteiger partial charge is 0.123 e. The van der Waals surface area contributed by atoms with Crippen LogP contribution in [0.3, 0.4) is 0 Å². The molecule has 2 aromatic carbocycles. The number of alkyl halides is 1. The summed E-state index contributed by atoms with van der Waals surface area (Å²) in [5.74, 6) is 0.805. The van der Waals surface area contributed by atoms with Gasteiger partial charge in [-0.1, -0.05) is 34.1 Å². The first-order valence-electron chi connectivity index (χ1n) is 5.77. The van der Waals surface area contributed by atoms with Gasteiger partial charge in [-0.25, -0.2) is 0 Å². The molecule has 2 rings (SSSR count). The summed E-state index contributed by atoms with van der Waals surface area (Å²) >= 11 is 11.8. The highest BCUT2D eigenvalue weighted by molar-refractivity contribution is 9.10. The molecule has 100 valence electrons. The van der Waals surface area contributed by atoms with Gasteiger partial charge in [-0.2, -0.15) is 0 Å². The first-order chi connectivity index (χ1) is 9.17. The maximum absolute atomic E-state index is 6.66. The van der Waals surface area contributed by atoms with E-state index in [4.69, 9.17) is 16.3 Å². The monoisotopic (exact) mass is 356 g/mol. The standard InChI is InChI=1S/C15H14BrClOS/c1-18-13-8-7-10(16)9-12(13)15(17)11-5-3-4-6-14(11)19-2/h3-9,15H,1-2H3. The van der Waals surface area contributed by atoms with Crippen molar-refractivity contribution in [3.8, 4) is 5.75 Å². The van der Waals surface area contributed by atoms with E-state index in [1.54, 1.807) is 18.9 Å². The fraction of sp³-hybridized carbons (Fsp3) is 0.200. The molecule has 0 fully saturated rings. The topological polar surface area (TPSA) is 9.23 Å². The Labute approximate surface area is 131 Å². The van der Waals surface area contributed by atoms with Crippen molar-refractivity contribution >= 4 is 39.3 Å². The van der Waals surface area contributed by atoms with E-state index in [0.717, 1.165) is 21.3 Å². The molecular formula is C15H14BrClOS. The van der Waals surface area contributed by atoms with Crippen molar-refractivity contribution in [3.63, 3.8) is 0 Å². The Morgan fingerprint density at radius 2 is 1.89 bits per heavy atom. The molecule has 4 heteroatoms. The highest BCUT2D eigenvalue weighted by atomic mass is 79.9. The Hall–Kier alpha value is -0.640. The average molecular weight is 358 g/mol. The van der Waals surface area contributed by atoms with Gasteiger partial charge in [0, 0.05) is 14.9 Å². The lowest BCUT2D eigenvalue weighted by molar-refractivity contribution is 0.410. The molecule has 0 aromatic heterocycles. The van der Waals surface area contributed by atoms with Crippen LogP contribution in [0.15, 0.2) is 51.8 Å². The number of ether oxygens (including phenoxy) is 1. The molecule has 0 amide bonds. The van der Waals surface area contributed by atoms with E-state index in [1.165, 1.54) is 4.90 Å². The maximum Gasteiger partial charge on any atom is 0.123 e. The zero-order valence-corrected chi connectivity index (χ0v) is 13.8. The third-order valence-electron chi connectivity index (χ3n) is 2.88. The van der Waals surface area contributed by atoms with Crippen LogP contribution >= 0.6 is 39.3 Å². The Balaban J connectivity index is 2.49. The Kier molecular flexibility index (Phi) is 5.20. The Morgan fingerprint density at radius 1 is 1.16 bits per heavy atom. The summed E-state index contributed by atoms with van der Waals surface area (Å²) < 4.78 is 6.40. The van der Waals surface area contributed by atoms with Crippen molar-refractivity contribution in [2.75, 3.05) is 13.4 Å². The van der Waals surface area contributed by atoms with Gasteiger partial charge in [-0.15, -0.1) is 23.4 Å². The fourth-order valence-electron chi connectivity index (χ4n) is 1.95. The Morgan fingerprint density at radius 3 is 2.58 bits per heavy atom. The Bertz CT molecular complexity index is 574. The van der Waals surface area contributed by atoms with Gasteiger partial charge < -0.3 is 4.74 Å². The van der Waals surface area contributed by atoms with E-state index in [2.05, 4.69) is 34.3 Å². The molecule has 0 aliphatic rings. The lowest BCUT2D eigenvalue weighted by Gasteiger charge is -2.17. The van der Waals surface area contributed by atoms with Gasteiger partial charge >= 0.3 is 0 Å². The summed E-state index contributed by atoms with van der Waals surface area (Å²) in [6.07, 6.45) is 2.06. The summed E-state index contributed by atoms with van der Waals surface area (Å²) in [6, 6.07) is 14.1. The van der Waals surface area contributed by atoms with E-state index in [0.29, 0.717) is 0 Å². The lowest BCUT2D eigenvalue weighted by atomic mass is 10.0. The molecule has 1 unspecified atom stereocenters. The molecule has 2 aromatic rings. The summed E-state index contributed by atoms with van der Waals surface area (Å²) in [7, 11) is 1.66. The minimum Gasteiger partial charge on any atom is -0.496 e. The molecule has 0 radical (unpaired) electrons. The molecule has 0 spiro atoms. The number of hydrogen-bond acceptors (Lipinski definition) is 2. The van der Waals surface area contributed by atoms with Crippen LogP contribution in [-0.2, 0) is 0 Å². The fourth-order valence-corrected chi connectivity index (χ4v) is 3.39. The second-order valence-electron chi connectivity index (χ2n) is 3.99. The summed E-state index contributed by atoms with van der Waals surface area (Å²) in [5.41, 5.74) is 2.08. The quantitative estimate of drug-likeness (QED) is 0.527. The minimum absolute atomic E-state index is 0.226. The van der Waals surface area contributed by atoms with Crippen molar-refractivity contribution in [2.45, 2.75) is 10.3 Å². The van der Waals surface area contributed by atoms with Gasteiger partial charge in [0.25, 0.3) is 0 Å². The number of hydrogen-bond donors (Lipinski definition) is 0. The van der Waals surface area contributed by atoms with Gasteiger partial charge in [-0.3, -0.25) is 0 Å². The zero-order chi connectivity index (χ0) is 13.8. The number of methoxy groups -OCH3 is 1. The van der Waals surface area contributed by atoms with Crippen LogP contribution in [0.4, 0.5) is 0 Å². The normalized spacial score (nSPS) is 12.2. The third kappa shape index (κ3) is 3.28. The van der Waals surface area contributed by atoms with Gasteiger partial charge in [0.15, 0.2) is 0 Å². The highest BCUT2D eigenvalue weighted by Gasteiger charge is 2.18. The molecule has 0 heterocycles. The maximum atomic E-state index is 6.66. The SMILES string of the molecule is COc1ccc(Br)cc1C(Cl)c1ccccc1SC. The summed E-state index contributed by atoms with van der Waals surface area (Å²) in [4.78, 5) is 1.18. The van der Waals surface area contributed by atoms with E-state index in [9.17, 15) is 0 Å². The zero-order valence-electron chi connectivity index (χ0n) is 10.7. The second kappa shape index (κ2) is 6.69. The van der Waals surface area contributed by atoms with Crippen molar-refractivity contribution < 1.29 is 4.74 Å². The van der Waals surface area contributed by atoms with Crippen LogP contribution in [0.2, 0.25) is 0 Å². The minimum atomic E-state index is -0.226. The average Bonchev–Trinajstić information content (AvgIpc) is 2.46. The molecule has 0 saturated carbocycles. The van der Waals surface area contributed by atoms with E-state index >= 15 is 0 Å². The van der Waals surface area contributed by atoms with E-state index in [-0.39, 0.29) is 5.38 Å².